The van der Waals surface area contributed by atoms with Crippen LogP contribution in [0.25, 0.3) is 0 Å². The Morgan fingerprint density at radius 3 is 2.19 bits per heavy atom. The maximum absolute atomic E-state index is 5.94. The minimum atomic E-state index is 0.494. The Labute approximate surface area is 102 Å². The quantitative estimate of drug-likeness (QED) is 0.724. The molecule has 0 radical (unpaired) electrons. The molecule has 1 saturated carbocycles. The van der Waals surface area contributed by atoms with Gasteiger partial charge in [-0.3, -0.25) is 0 Å². The summed E-state index contributed by atoms with van der Waals surface area (Å²) in [6.45, 7) is 11.8. The molecule has 5 atom stereocenters. The molecule has 0 aromatic heterocycles. The average molecular weight is 225 g/mol. The lowest BCUT2D eigenvalue weighted by Gasteiger charge is -2.41. The highest BCUT2D eigenvalue weighted by molar-refractivity contribution is 4.89. The van der Waals surface area contributed by atoms with Crippen LogP contribution in [0.15, 0.2) is 0 Å². The van der Waals surface area contributed by atoms with Crippen LogP contribution in [0.1, 0.15) is 60.3 Å². The first-order chi connectivity index (χ1) is 7.41. The van der Waals surface area contributed by atoms with E-state index in [1.54, 1.807) is 0 Å². The number of nitrogens with two attached hydrogens (primary N) is 1. The second kappa shape index (κ2) is 6.05. The molecule has 0 heterocycles. The molecule has 96 valence electrons. The zero-order chi connectivity index (χ0) is 12.3. The first kappa shape index (κ1) is 14.0. The predicted molar refractivity (Wildman–Crippen MR) is 72.3 cm³/mol. The summed E-state index contributed by atoms with van der Waals surface area (Å²) in [6.07, 6.45) is 5.45. The highest BCUT2D eigenvalue weighted by Gasteiger charge is 2.34. The summed E-state index contributed by atoms with van der Waals surface area (Å²) in [5.74, 6) is 4.29. The average Bonchev–Trinajstić information content (AvgIpc) is 2.21. The lowest BCUT2D eigenvalue weighted by atomic mass is 9.67. The van der Waals surface area contributed by atoms with E-state index in [1.165, 1.54) is 25.7 Å². The third-order valence-corrected chi connectivity index (χ3v) is 4.80. The van der Waals surface area contributed by atoms with E-state index >= 15 is 0 Å². The van der Waals surface area contributed by atoms with Gasteiger partial charge in [0, 0.05) is 6.04 Å². The van der Waals surface area contributed by atoms with Crippen molar-refractivity contribution in [1.82, 2.24) is 0 Å². The van der Waals surface area contributed by atoms with E-state index < -0.39 is 0 Å². The van der Waals surface area contributed by atoms with Gasteiger partial charge in [0.15, 0.2) is 0 Å². The Kier molecular flexibility index (Phi) is 5.30. The van der Waals surface area contributed by atoms with E-state index in [0.29, 0.717) is 6.04 Å². The molecule has 1 rings (SSSR count). The molecule has 2 N–H and O–H groups in total. The number of hydrogen-bond donors (Lipinski definition) is 1. The van der Waals surface area contributed by atoms with Crippen molar-refractivity contribution in [3.63, 3.8) is 0 Å². The number of hydrogen-bond acceptors (Lipinski definition) is 1. The van der Waals surface area contributed by atoms with Crippen molar-refractivity contribution >= 4 is 0 Å². The van der Waals surface area contributed by atoms with Gasteiger partial charge >= 0.3 is 0 Å². The Bertz CT molecular complexity index is 200. The topological polar surface area (TPSA) is 26.0 Å². The van der Waals surface area contributed by atoms with Gasteiger partial charge in [-0.25, -0.2) is 0 Å². The zero-order valence-corrected chi connectivity index (χ0v) is 11.9. The molecule has 0 spiro atoms. The third kappa shape index (κ3) is 3.76. The molecule has 0 amide bonds. The Morgan fingerprint density at radius 2 is 1.75 bits per heavy atom. The van der Waals surface area contributed by atoms with Crippen molar-refractivity contribution in [2.24, 2.45) is 35.3 Å². The lowest BCUT2D eigenvalue weighted by molar-refractivity contribution is 0.129. The van der Waals surface area contributed by atoms with Crippen LogP contribution in [0, 0.1) is 29.6 Å². The fraction of sp³-hybridized carbons (Fsp3) is 1.00. The minimum Gasteiger partial charge on any atom is -0.327 e. The van der Waals surface area contributed by atoms with Crippen LogP contribution >= 0.6 is 0 Å². The highest BCUT2D eigenvalue weighted by Crippen LogP contribution is 2.38. The van der Waals surface area contributed by atoms with Gasteiger partial charge in [0.1, 0.15) is 0 Å². The Balaban J connectivity index is 2.17. The molecule has 0 aromatic rings. The van der Waals surface area contributed by atoms with Crippen LogP contribution in [0.2, 0.25) is 0 Å². The molecule has 1 nitrogen and oxygen atoms in total. The van der Waals surface area contributed by atoms with Crippen molar-refractivity contribution in [3.05, 3.63) is 0 Å². The van der Waals surface area contributed by atoms with Gasteiger partial charge in [-0.2, -0.15) is 0 Å². The van der Waals surface area contributed by atoms with Crippen LogP contribution in [-0.4, -0.2) is 6.04 Å². The van der Waals surface area contributed by atoms with Crippen molar-refractivity contribution < 1.29 is 0 Å². The van der Waals surface area contributed by atoms with E-state index in [1.807, 2.05) is 0 Å². The Hall–Kier alpha value is -0.0400. The van der Waals surface area contributed by atoms with E-state index in [0.717, 1.165) is 29.6 Å². The molecule has 0 saturated heterocycles. The van der Waals surface area contributed by atoms with E-state index in [2.05, 4.69) is 34.6 Å². The largest absolute Gasteiger partial charge is 0.327 e. The van der Waals surface area contributed by atoms with Crippen LogP contribution in [0.4, 0.5) is 0 Å². The summed E-state index contributed by atoms with van der Waals surface area (Å²) in [7, 11) is 0. The minimum absolute atomic E-state index is 0.494. The molecule has 0 aromatic carbocycles. The van der Waals surface area contributed by atoms with Crippen molar-refractivity contribution in [2.45, 2.75) is 66.3 Å². The second-order valence-corrected chi connectivity index (χ2v) is 6.68. The van der Waals surface area contributed by atoms with Gasteiger partial charge in [0.05, 0.1) is 0 Å². The van der Waals surface area contributed by atoms with Gasteiger partial charge in [-0.15, -0.1) is 0 Å². The molecule has 1 aliphatic rings. The van der Waals surface area contributed by atoms with Crippen LogP contribution in [-0.2, 0) is 0 Å². The zero-order valence-electron chi connectivity index (χ0n) is 11.9. The summed E-state index contributed by atoms with van der Waals surface area (Å²) in [5, 5.41) is 0. The Morgan fingerprint density at radius 1 is 1.12 bits per heavy atom. The normalized spacial score (nSPS) is 33.6. The fourth-order valence-electron chi connectivity index (χ4n) is 3.05. The lowest BCUT2D eigenvalue weighted by Crippen LogP contribution is -2.45. The SMILES string of the molecule is CC(C)CC(C)C(C)CCC1CC(N)C1C. The molecule has 1 aliphatic carbocycles. The maximum atomic E-state index is 5.94. The molecule has 1 heteroatoms. The standard InChI is InChI=1S/C15H31N/c1-10(2)8-12(4)11(3)6-7-14-9-15(16)13(14)5/h10-15H,6-9,16H2,1-5H3. The van der Waals surface area contributed by atoms with Gasteiger partial charge < -0.3 is 5.73 Å². The molecule has 0 aliphatic heterocycles. The summed E-state index contributed by atoms with van der Waals surface area (Å²) in [4.78, 5) is 0. The highest BCUT2D eigenvalue weighted by atomic mass is 14.7. The van der Waals surface area contributed by atoms with Gasteiger partial charge in [-0.05, 0) is 48.9 Å². The molecular weight excluding hydrogens is 194 g/mol. The van der Waals surface area contributed by atoms with Gasteiger partial charge in [0.2, 0.25) is 0 Å². The molecule has 1 fully saturated rings. The van der Waals surface area contributed by atoms with E-state index in [4.69, 9.17) is 5.73 Å². The predicted octanol–water partition coefficient (Wildman–Crippen LogP) is 4.07. The van der Waals surface area contributed by atoms with Crippen molar-refractivity contribution in [2.75, 3.05) is 0 Å². The first-order valence-corrected chi connectivity index (χ1v) is 7.17. The second-order valence-electron chi connectivity index (χ2n) is 6.68. The fourth-order valence-corrected chi connectivity index (χ4v) is 3.05. The molecular formula is C15H31N. The molecule has 5 unspecified atom stereocenters. The maximum Gasteiger partial charge on any atom is 0.00699 e. The van der Waals surface area contributed by atoms with Gasteiger partial charge in [0.25, 0.3) is 0 Å². The number of rotatable bonds is 6. The van der Waals surface area contributed by atoms with Crippen molar-refractivity contribution in [3.8, 4) is 0 Å². The molecule has 0 bridgehead atoms. The summed E-state index contributed by atoms with van der Waals surface area (Å²) in [5.41, 5.74) is 5.94. The van der Waals surface area contributed by atoms with Crippen LogP contribution < -0.4 is 5.73 Å². The van der Waals surface area contributed by atoms with Crippen molar-refractivity contribution in [1.29, 1.82) is 0 Å². The summed E-state index contributed by atoms with van der Waals surface area (Å²) in [6, 6.07) is 0.494. The summed E-state index contributed by atoms with van der Waals surface area (Å²) >= 11 is 0. The smallest absolute Gasteiger partial charge is 0.00699 e. The van der Waals surface area contributed by atoms with Crippen LogP contribution in [0.3, 0.4) is 0 Å². The molecule has 16 heavy (non-hydrogen) atoms. The summed E-state index contributed by atoms with van der Waals surface area (Å²) < 4.78 is 0. The van der Waals surface area contributed by atoms with Crippen LogP contribution in [0.5, 0.6) is 0 Å². The monoisotopic (exact) mass is 225 g/mol. The third-order valence-electron chi connectivity index (χ3n) is 4.80. The van der Waals surface area contributed by atoms with E-state index in [-0.39, 0.29) is 0 Å². The van der Waals surface area contributed by atoms with Gasteiger partial charge in [-0.1, -0.05) is 41.0 Å². The first-order valence-electron chi connectivity index (χ1n) is 7.17. The van der Waals surface area contributed by atoms with E-state index in [9.17, 15) is 0 Å².